The highest BCUT2D eigenvalue weighted by Crippen LogP contribution is 2.36. The first-order valence-electron chi connectivity index (χ1n) is 10.3. The van der Waals surface area contributed by atoms with Gasteiger partial charge in [0.05, 0.1) is 17.7 Å². The SMILES string of the molecule is CS(=O)(=O)Nc1ccc(/C=C/C(=O)N2CCC3(CC2)CC(c2ccccc2)=NO3)cc1F. The van der Waals surface area contributed by atoms with E-state index >= 15 is 0 Å². The van der Waals surface area contributed by atoms with Crippen LogP contribution in [0.1, 0.15) is 30.4 Å². The zero-order valence-electron chi connectivity index (χ0n) is 17.6. The third-order valence-corrected chi connectivity index (χ3v) is 6.23. The molecule has 4 rings (SSSR count). The summed E-state index contributed by atoms with van der Waals surface area (Å²) in [6.07, 6.45) is 5.97. The van der Waals surface area contributed by atoms with Gasteiger partial charge in [-0.05, 0) is 29.3 Å². The van der Waals surface area contributed by atoms with E-state index < -0.39 is 15.8 Å². The number of hydrogen-bond donors (Lipinski definition) is 1. The molecular weight excluding hydrogens is 433 g/mol. The van der Waals surface area contributed by atoms with Crippen molar-refractivity contribution in [3.63, 3.8) is 0 Å². The highest BCUT2D eigenvalue weighted by molar-refractivity contribution is 7.92. The molecule has 1 spiro atoms. The molecule has 2 aromatic carbocycles. The monoisotopic (exact) mass is 457 g/mol. The lowest BCUT2D eigenvalue weighted by Crippen LogP contribution is -2.46. The van der Waals surface area contributed by atoms with Crippen LogP contribution in [0.15, 0.2) is 59.8 Å². The van der Waals surface area contributed by atoms with Gasteiger partial charge in [0.2, 0.25) is 15.9 Å². The van der Waals surface area contributed by atoms with Gasteiger partial charge < -0.3 is 9.74 Å². The molecule has 2 aliphatic heterocycles. The average molecular weight is 458 g/mol. The molecular formula is C23H24FN3O4S. The molecule has 0 aliphatic carbocycles. The fourth-order valence-electron chi connectivity index (χ4n) is 3.90. The van der Waals surface area contributed by atoms with Gasteiger partial charge in [0, 0.05) is 38.4 Å². The van der Waals surface area contributed by atoms with Crippen molar-refractivity contribution in [3.05, 3.63) is 71.6 Å². The third-order valence-electron chi connectivity index (χ3n) is 5.64. The maximum Gasteiger partial charge on any atom is 0.246 e. The molecule has 9 heteroatoms. The summed E-state index contributed by atoms with van der Waals surface area (Å²) in [4.78, 5) is 20.1. The molecule has 1 amide bonds. The summed E-state index contributed by atoms with van der Waals surface area (Å²) in [5.74, 6) is -0.877. The standard InChI is InChI=1S/C23H24FN3O4S/c1-32(29,30)26-20-9-7-17(15-19(20)24)8-10-22(28)27-13-11-23(12-14-27)16-21(25-31-23)18-5-3-2-4-6-18/h2-10,15,26H,11-14,16H2,1H3/b10-8+. The Labute approximate surface area is 186 Å². The predicted octanol–water partition coefficient (Wildman–Crippen LogP) is 3.40. The Balaban J connectivity index is 1.32. The summed E-state index contributed by atoms with van der Waals surface area (Å²) in [5, 5.41) is 4.29. The Kier molecular flexibility index (Phi) is 6.01. The first-order valence-corrected chi connectivity index (χ1v) is 12.2. The Morgan fingerprint density at radius 3 is 2.56 bits per heavy atom. The maximum atomic E-state index is 14.1. The van der Waals surface area contributed by atoms with Gasteiger partial charge in [-0.2, -0.15) is 0 Å². The topological polar surface area (TPSA) is 88.1 Å². The Morgan fingerprint density at radius 1 is 1.19 bits per heavy atom. The second-order valence-corrected chi connectivity index (χ2v) is 9.88. The van der Waals surface area contributed by atoms with Crippen molar-refractivity contribution < 1.29 is 22.4 Å². The van der Waals surface area contributed by atoms with Crippen molar-refractivity contribution in [2.45, 2.75) is 24.9 Å². The normalized spacial score (nSPS) is 17.9. The number of carbonyl (C=O) groups is 1. The van der Waals surface area contributed by atoms with Crippen LogP contribution in [0.3, 0.4) is 0 Å². The minimum absolute atomic E-state index is 0.133. The fraction of sp³-hybridized carbons (Fsp3) is 0.304. The lowest BCUT2D eigenvalue weighted by Gasteiger charge is -2.36. The Morgan fingerprint density at radius 2 is 1.91 bits per heavy atom. The van der Waals surface area contributed by atoms with Gasteiger partial charge in [0.15, 0.2) is 0 Å². The molecule has 0 saturated carbocycles. The summed E-state index contributed by atoms with van der Waals surface area (Å²) in [5.41, 5.74) is 1.95. The Bertz CT molecular complexity index is 1170. The number of likely N-dealkylation sites (tertiary alicyclic amines) is 1. The van der Waals surface area contributed by atoms with Gasteiger partial charge in [-0.25, -0.2) is 12.8 Å². The number of benzene rings is 2. The second kappa shape index (κ2) is 8.74. The predicted molar refractivity (Wildman–Crippen MR) is 121 cm³/mol. The fourth-order valence-corrected chi connectivity index (χ4v) is 4.47. The van der Waals surface area contributed by atoms with Crippen molar-refractivity contribution >= 4 is 33.4 Å². The summed E-state index contributed by atoms with van der Waals surface area (Å²) in [7, 11) is -3.57. The maximum absolute atomic E-state index is 14.1. The molecule has 1 fully saturated rings. The minimum Gasteiger partial charge on any atom is -0.388 e. The van der Waals surface area contributed by atoms with E-state index in [-0.39, 0.29) is 17.2 Å². The van der Waals surface area contributed by atoms with Crippen LogP contribution in [0.2, 0.25) is 0 Å². The first-order chi connectivity index (χ1) is 15.2. The molecule has 2 aliphatic rings. The largest absolute Gasteiger partial charge is 0.388 e. The van der Waals surface area contributed by atoms with E-state index in [2.05, 4.69) is 9.88 Å². The van der Waals surface area contributed by atoms with Crippen molar-refractivity contribution in [2.75, 3.05) is 24.1 Å². The van der Waals surface area contributed by atoms with E-state index in [0.717, 1.165) is 24.0 Å². The van der Waals surface area contributed by atoms with Crippen molar-refractivity contribution in [2.24, 2.45) is 5.16 Å². The molecule has 0 radical (unpaired) electrons. The number of nitrogens with zero attached hydrogens (tertiary/aromatic N) is 2. The number of rotatable bonds is 5. The number of piperidine rings is 1. The number of sulfonamides is 1. The molecule has 32 heavy (non-hydrogen) atoms. The van der Waals surface area contributed by atoms with E-state index in [9.17, 15) is 17.6 Å². The Hall–Kier alpha value is -3.20. The summed E-state index contributed by atoms with van der Waals surface area (Å²) in [6, 6.07) is 14.0. The van der Waals surface area contributed by atoms with Gasteiger partial charge in [-0.1, -0.05) is 41.6 Å². The molecule has 2 heterocycles. The van der Waals surface area contributed by atoms with Gasteiger partial charge in [0.1, 0.15) is 11.4 Å². The van der Waals surface area contributed by atoms with E-state index in [1.165, 1.54) is 24.3 Å². The number of amides is 1. The number of nitrogens with one attached hydrogen (secondary N) is 1. The molecule has 0 aromatic heterocycles. The quantitative estimate of drug-likeness (QED) is 0.697. The molecule has 0 atom stereocenters. The van der Waals surface area contributed by atoms with Gasteiger partial charge >= 0.3 is 0 Å². The zero-order valence-corrected chi connectivity index (χ0v) is 18.4. The summed E-state index contributed by atoms with van der Waals surface area (Å²) >= 11 is 0. The second-order valence-electron chi connectivity index (χ2n) is 8.13. The molecule has 1 saturated heterocycles. The van der Waals surface area contributed by atoms with Crippen LogP contribution in [-0.2, 0) is 19.7 Å². The molecule has 1 N–H and O–H groups in total. The number of hydrogen-bond acceptors (Lipinski definition) is 5. The zero-order chi connectivity index (χ0) is 22.8. The van der Waals surface area contributed by atoms with Crippen LogP contribution >= 0.6 is 0 Å². The summed E-state index contributed by atoms with van der Waals surface area (Å²) in [6.45, 7) is 1.10. The number of anilines is 1. The van der Waals surface area contributed by atoms with Gasteiger partial charge in [-0.3, -0.25) is 9.52 Å². The molecule has 168 valence electrons. The van der Waals surface area contributed by atoms with Crippen LogP contribution in [-0.4, -0.2) is 49.9 Å². The van der Waals surface area contributed by atoms with E-state index in [1.54, 1.807) is 11.0 Å². The average Bonchev–Trinajstić information content (AvgIpc) is 3.17. The molecule has 0 unspecified atom stereocenters. The number of oxime groups is 1. The lowest BCUT2D eigenvalue weighted by molar-refractivity contribution is -0.131. The molecule has 7 nitrogen and oxygen atoms in total. The van der Waals surface area contributed by atoms with Crippen LogP contribution in [0.4, 0.5) is 10.1 Å². The number of carbonyl (C=O) groups excluding carboxylic acids is 1. The van der Waals surface area contributed by atoms with Crippen LogP contribution < -0.4 is 4.72 Å². The van der Waals surface area contributed by atoms with E-state index in [4.69, 9.17) is 4.84 Å². The van der Waals surface area contributed by atoms with Crippen LogP contribution in [0.25, 0.3) is 6.08 Å². The van der Waals surface area contributed by atoms with Gasteiger partial charge in [-0.15, -0.1) is 0 Å². The van der Waals surface area contributed by atoms with E-state index in [1.807, 2.05) is 30.3 Å². The van der Waals surface area contributed by atoms with Crippen LogP contribution in [0.5, 0.6) is 0 Å². The van der Waals surface area contributed by atoms with Crippen molar-refractivity contribution in [1.29, 1.82) is 0 Å². The summed E-state index contributed by atoms with van der Waals surface area (Å²) < 4.78 is 38.7. The molecule has 2 aromatic rings. The van der Waals surface area contributed by atoms with E-state index in [0.29, 0.717) is 31.5 Å². The highest BCUT2D eigenvalue weighted by Gasteiger charge is 2.42. The van der Waals surface area contributed by atoms with Crippen molar-refractivity contribution in [3.8, 4) is 0 Å². The first kappa shape index (κ1) is 22.0. The smallest absolute Gasteiger partial charge is 0.246 e. The number of halogens is 1. The van der Waals surface area contributed by atoms with Gasteiger partial charge in [0.25, 0.3) is 0 Å². The minimum atomic E-state index is -3.57. The highest BCUT2D eigenvalue weighted by atomic mass is 32.2. The van der Waals surface area contributed by atoms with Crippen LogP contribution in [0, 0.1) is 5.82 Å². The van der Waals surface area contributed by atoms with Crippen molar-refractivity contribution in [1.82, 2.24) is 4.90 Å². The molecule has 0 bridgehead atoms. The third kappa shape index (κ3) is 5.16. The lowest BCUT2D eigenvalue weighted by atomic mass is 9.85.